The largest absolute Gasteiger partial charge is 0.310 e. The lowest BCUT2D eigenvalue weighted by molar-refractivity contribution is 0.364. The van der Waals surface area contributed by atoms with Gasteiger partial charge in [-0.25, -0.2) is 13.4 Å². The van der Waals surface area contributed by atoms with Crippen molar-refractivity contribution in [3.63, 3.8) is 0 Å². The SMILES string of the molecule is CC(C)NCc1cc(S(=O)(=O)NN(C)C)cs1. The molecule has 1 heterocycles. The van der Waals surface area contributed by atoms with E-state index in [1.807, 2.05) is 0 Å². The van der Waals surface area contributed by atoms with E-state index in [9.17, 15) is 8.42 Å². The fourth-order valence-corrected chi connectivity index (χ4v) is 3.50. The second-order valence-electron chi connectivity index (χ2n) is 4.27. The summed E-state index contributed by atoms with van der Waals surface area (Å²) < 4.78 is 23.7. The molecule has 0 aromatic carbocycles. The first kappa shape index (κ1) is 14.6. The molecular formula is C10H19N3O2S2. The van der Waals surface area contributed by atoms with E-state index < -0.39 is 10.0 Å². The molecule has 1 rings (SSSR count). The van der Waals surface area contributed by atoms with Crippen LogP contribution in [0.3, 0.4) is 0 Å². The Morgan fingerprint density at radius 1 is 1.41 bits per heavy atom. The van der Waals surface area contributed by atoms with E-state index in [4.69, 9.17) is 0 Å². The molecule has 1 aromatic heterocycles. The van der Waals surface area contributed by atoms with Crippen molar-refractivity contribution < 1.29 is 8.42 Å². The van der Waals surface area contributed by atoms with Gasteiger partial charge in [-0.1, -0.05) is 13.8 Å². The summed E-state index contributed by atoms with van der Waals surface area (Å²) in [6.07, 6.45) is 0. The van der Waals surface area contributed by atoms with Crippen LogP contribution in [0.1, 0.15) is 18.7 Å². The smallest absolute Gasteiger partial charge is 0.254 e. The highest BCUT2D eigenvalue weighted by atomic mass is 32.2. The second-order valence-corrected chi connectivity index (χ2v) is 6.93. The van der Waals surface area contributed by atoms with Gasteiger partial charge in [-0.05, 0) is 6.07 Å². The summed E-state index contributed by atoms with van der Waals surface area (Å²) in [4.78, 5) is 3.73. The quantitative estimate of drug-likeness (QED) is 0.762. The lowest BCUT2D eigenvalue weighted by atomic mass is 10.4. The summed E-state index contributed by atoms with van der Waals surface area (Å²) >= 11 is 1.45. The van der Waals surface area contributed by atoms with E-state index >= 15 is 0 Å². The lowest BCUT2D eigenvalue weighted by Gasteiger charge is -2.11. The van der Waals surface area contributed by atoms with Crippen LogP contribution >= 0.6 is 11.3 Å². The van der Waals surface area contributed by atoms with Crippen molar-refractivity contribution >= 4 is 21.4 Å². The highest BCUT2D eigenvalue weighted by Gasteiger charge is 2.16. The summed E-state index contributed by atoms with van der Waals surface area (Å²) in [5.41, 5.74) is 0. The average molecular weight is 277 g/mol. The Kier molecular flexibility index (Phi) is 5.08. The molecule has 0 atom stereocenters. The highest BCUT2D eigenvalue weighted by Crippen LogP contribution is 2.19. The zero-order valence-electron chi connectivity index (χ0n) is 10.5. The number of thiophene rings is 1. The third-order valence-corrected chi connectivity index (χ3v) is 4.48. The van der Waals surface area contributed by atoms with Gasteiger partial charge in [-0.15, -0.1) is 16.2 Å². The topological polar surface area (TPSA) is 61.4 Å². The van der Waals surface area contributed by atoms with Gasteiger partial charge in [0.1, 0.15) is 0 Å². The van der Waals surface area contributed by atoms with E-state index in [-0.39, 0.29) is 0 Å². The summed E-state index contributed by atoms with van der Waals surface area (Å²) in [7, 11) is -0.131. The first-order valence-electron chi connectivity index (χ1n) is 5.32. The molecule has 0 saturated carbocycles. The van der Waals surface area contributed by atoms with Crippen molar-refractivity contribution in [2.75, 3.05) is 14.1 Å². The molecule has 0 radical (unpaired) electrons. The van der Waals surface area contributed by atoms with Crippen LogP contribution in [-0.2, 0) is 16.6 Å². The average Bonchev–Trinajstić information content (AvgIpc) is 2.61. The second kappa shape index (κ2) is 5.92. The maximum absolute atomic E-state index is 11.8. The summed E-state index contributed by atoms with van der Waals surface area (Å²) in [5.74, 6) is 0. The fraction of sp³-hybridized carbons (Fsp3) is 0.600. The number of rotatable bonds is 6. The van der Waals surface area contributed by atoms with Crippen LogP contribution in [0.4, 0.5) is 0 Å². The molecule has 98 valence electrons. The van der Waals surface area contributed by atoms with Crippen LogP contribution in [0.5, 0.6) is 0 Å². The highest BCUT2D eigenvalue weighted by molar-refractivity contribution is 7.89. The third-order valence-electron chi connectivity index (χ3n) is 1.93. The van der Waals surface area contributed by atoms with E-state index in [1.165, 1.54) is 16.3 Å². The number of hydrazine groups is 1. The molecule has 17 heavy (non-hydrogen) atoms. The molecular weight excluding hydrogens is 258 g/mol. The van der Waals surface area contributed by atoms with Gasteiger partial charge in [-0.3, -0.25) is 0 Å². The number of nitrogens with one attached hydrogen (secondary N) is 2. The first-order chi connectivity index (χ1) is 7.81. The van der Waals surface area contributed by atoms with Crippen molar-refractivity contribution in [1.29, 1.82) is 0 Å². The lowest BCUT2D eigenvalue weighted by Crippen LogP contribution is -2.35. The standard InChI is InChI=1S/C10H19N3O2S2/c1-8(2)11-6-9-5-10(7-16-9)17(14,15)12-13(3)4/h5,7-8,11-12H,6H2,1-4H3. The minimum Gasteiger partial charge on any atom is -0.310 e. The molecule has 0 spiro atoms. The van der Waals surface area contributed by atoms with Gasteiger partial charge in [0.05, 0.1) is 4.90 Å². The molecule has 0 aliphatic heterocycles. The monoisotopic (exact) mass is 277 g/mol. The van der Waals surface area contributed by atoms with E-state index in [0.717, 1.165) is 4.88 Å². The van der Waals surface area contributed by atoms with Gasteiger partial charge in [0.2, 0.25) is 0 Å². The van der Waals surface area contributed by atoms with Crippen LogP contribution in [0.15, 0.2) is 16.3 Å². The third kappa shape index (κ3) is 4.72. The summed E-state index contributed by atoms with van der Waals surface area (Å²) in [6.45, 7) is 4.80. The van der Waals surface area contributed by atoms with E-state index in [1.54, 1.807) is 25.5 Å². The van der Waals surface area contributed by atoms with Gasteiger partial charge in [0.15, 0.2) is 0 Å². The molecule has 0 aliphatic carbocycles. The van der Waals surface area contributed by atoms with Crippen LogP contribution in [0, 0.1) is 0 Å². The maximum Gasteiger partial charge on any atom is 0.254 e. The Balaban J connectivity index is 2.74. The van der Waals surface area contributed by atoms with E-state index in [0.29, 0.717) is 17.5 Å². The Labute approximate surface area is 107 Å². The van der Waals surface area contributed by atoms with Crippen molar-refractivity contribution in [3.05, 3.63) is 16.3 Å². The molecule has 0 aliphatic rings. The van der Waals surface area contributed by atoms with Crippen LogP contribution in [-0.4, -0.2) is 33.6 Å². The molecule has 0 saturated heterocycles. The zero-order valence-corrected chi connectivity index (χ0v) is 12.2. The van der Waals surface area contributed by atoms with Gasteiger partial charge < -0.3 is 5.32 Å². The van der Waals surface area contributed by atoms with Crippen molar-refractivity contribution in [2.45, 2.75) is 31.3 Å². The Morgan fingerprint density at radius 3 is 2.59 bits per heavy atom. The van der Waals surface area contributed by atoms with Crippen molar-refractivity contribution in [1.82, 2.24) is 15.2 Å². The predicted octanol–water partition coefficient (Wildman–Crippen LogP) is 1.00. The molecule has 7 heteroatoms. The molecule has 0 amide bonds. The Morgan fingerprint density at radius 2 is 2.06 bits per heavy atom. The summed E-state index contributed by atoms with van der Waals surface area (Å²) in [6, 6.07) is 2.09. The molecule has 0 fully saturated rings. The van der Waals surface area contributed by atoms with Crippen molar-refractivity contribution in [3.8, 4) is 0 Å². The number of hydrogen-bond donors (Lipinski definition) is 2. The molecule has 0 unspecified atom stereocenters. The zero-order chi connectivity index (χ0) is 13.1. The van der Waals surface area contributed by atoms with Crippen LogP contribution in [0.2, 0.25) is 0 Å². The summed E-state index contributed by atoms with van der Waals surface area (Å²) in [5, 5.41) is 6.32. The van der Waals surface area contributed by atoms with Crippen molar-refractivity contribution in [2.24, 2.45) is 0 Å². The van der Waals surface area contributed by atoms with Crippen LogP contribution in [0.25, 0.3) is 0 Å². The fourth-order valence-electron chi connectivity index (χ4n) is 1.19. The molecule has 1 aromatic rings. The van der Waals surface area contributed by atoms with Gasteiger partial charge >= 0.3 is 0 Å². The minimum atomic E-state index is -3.42. The Hall–Kier alpha value is -0.470. The molecule has 0 bridgehead atoms. The maximum atomic E-state index is 11.8. The predicted molar refractivity (Wildman–Crippen MR) is 70.3 cm³/mol. The molecule has 2 N–H and O–H groups in total. The van der Waals surface area contributed by atoms with Crippen LogP contribution < -0.4 is 10.1 Å². The minimum absolute atomic E-state index is 0.316. The van der Waals surface area contributed by atoms with Gasteiger partial charge in [0.25, 0.3) is 10.0 Å². The molecule has 5 nitrogen and oxygen atoms in total. The first-order valence-corrected chi connectivity index (χ1v) is 7.68. The van der Waals surface area contributed by atoms with Gasteiger partial charge in [0, 0.05) is 36.9 Å². The Bertz CT molecular complexity index is 452. The number of nitrogens with zero attached hydrogens (tertiary/aromatic N) is 1. The van der Waals surface area contributed by atoms with Gasteiger partial charge in [-0.2, -0.15) is 0 Å². The van der Waals surface area contributed by atoms with E-state index in [2.05, 4.69) is 24.0 Å². The number of hydrogen-bond acceptors (Lipinski definition) is 5. The normalized spacial score (nSPS) is 12.6. The number of sulfonamides is 1.